The van der Waals surface area contributed by atoms with Crippen LogP contribution < -0.4 is 14.5 Å². The summed E-state index contributed by atoms with van der Waals surface area (Å²) in [5, 5.41) is 9.57. The lowest BCUT2D eigenvalue weighted by Crippen LogP contribution is -2.41. The third-order valence-corrected chi connectivity index (χ3v) is 6.14. The molecule has 1 aromatic heterocycles. The maximum Gasteiger partial charge on any atom is 0.215 e. The molecule has 1 N–H and O–H groups in total. The van der Waals surface area contributed by atoms with Crippen molar-refractivity contribution in [3.05, 3.63) is 45.9 Å². The zero-order valence-corrected chi connectivity index (χ0v) is 19.5. The number of likely N-dealkylation sites (N-methyl/N-ethyl adjacent to an activating group) is 1. The quantitative estimate of drug-likeness (QED) is 0.510. The van der Waals surface area contributed by atoms with E-state index in [4.69, 9.17) is 33.3 Å². The second kappa shape index (κ2) is 9.86. The summed E-state index contributed by atoms with van der Waals surface area (Å²) in [5.74, 6) is 1.52. The minimum Gasteiger partial charge on any atom is -0.473 e. The van der Waals surface area contributed by atoms with Crippen LogP contribution in [0.5, 0.6) is 5.88 Å². The molecule has 0 amide bonds. The van der Waals surface area contributed by atoms with Crippen LogP contribution in [0.15, 0.2) is 30.3 Å². The number of benzene rings is 1. The average Bonchev–Trinajstić information content (AvgIpc) is 2.73. The molecular weight excluding hydrogens is 421 g/mol. The molecule has 3 rings (SSSR count). The van der Waals surface area contributed by atoms with Crippen LogP contribution >= 0.6 is 23.2 Å². The van der Waals surface area contributed by atoms with Gasteiger partial charge in [-0.05, 0) is 62.7 Å². The monoisotopic (exact) mass is 449 g/mol. The van der Waals surface area contributed by atoms with Crippen molar-refractivity contribution in [2.45, 2.75) is 32.8 Å². The molecule has 1 unspecified atom stereocenters. The highest BCUT2D eigenvalue weighted by atomic mass is 35.5. The predicted molar refractivity (Wildman–Crippen MR) is 126 cm³/mol. The van der Waals surface area contributed by atoms with Gasteiger partial charge in [0.15, 0.2) is 0 Å². The summed E-state index contributed by atoms with van der Waals surface area (Å²) < 4.78 is 6.22. The van der Waals surface area contributed by atoms with Crippen LogP contribution in [0.3, 0.4) is 0 Å². The van der Waals surface area contributed by atoms with Crippen LogP contribution in [-0.4, -0.2) is 55.7 Å². The number of aryl methyl sites for hydroxylation is 1. The SMILES string of the molecule is CCN1CCCC(Oc2cc(C)cc(N(C)C(=N)N(C)c3ccc(Cl)c(Cl)c3)n2)C1. The zero-order valence-electron chi connectivity index (χ0n) is 18.0. The van der Waals surface area contributed by atoms with Gasteiger partial charge in [-0.3, -0.25) is 15.2 Å². The first-order valence-corrected chi connectivity index (χ1v) is 10.9. The van der Waals surface area contributed by atoms with Crippen LogP contribution in [-0.2, 0) is 0 Å². The van der Waals surface area contributed by atoms with Gasteiger partial charge in [0.25, 0.3) is 0 Å². The number of piperidine rings is 1. The molecule has 0 spiro atoms. The number of ether oxygens (including phenoxy) is 1. The maximum absolute atomic E-state index is 8.63. The number of aromatic nitrogens is 1. The topological polar surface area (TPSA) is 55.7 Å². The highest BCUT2D eigenvalue weighted by Crippen LogP contribution is 2.28. The van der Waals surface area contributed by atoms with Gasteiger partial charge >= 0.3 is 0 Å². The molecule has 30 heavy (non-hydrogen) atoms. The van der Waals surface area contributed by atoms with Gasteiger partial charge < -0.3 is 9.64 Å². The van der Waals surface area contributed by atoms with E-state index in [0.29, 0.717) is 21.7 Å². The molecule has 0 radical (unpaired) electrons. The first-order valence-electron chi connectivity index (χ1n) is 10.2. The Morgan fingerprint density at radius 1 is 1.20 bits per heavy atom. The third-order valence-electron chi connectivity index (χ3n) is 5.40. The Bertz CT molecular complexity index is 907. The van der Waals surface area contributed by atoms with Crippen LogP contribution in [0.1, 0.15) is 25.3 Å². The lowest BCUT2D eigenvalue weighted by Gasteiger charge is -2.32. The van der Waals surface area contributed by atoms with E-state index in [0.717, 1.165) is 43.7 Å². The molecule has 1 atom stereocenters. The lowest BCUT2D eigenvalue weighted by molar-refractivity contribution is 0.0883. The number of hydrogen-bond acceptors (Lipinski definition) is 4. The smallest absolute Gasteiger partial charge is 0.215 e. The summed E-state index contributed by atoms with van der Waals surface area (Å²) in [4.78, 5) is 10.5. The normalized spacial score (nSPS) is 16.9. The van der Waals surface area contributed by atoms with Crippen molar-refractivity contribution in [3.8, 4) is 5.88 Å². The number of anilines is 2. The van der Waals surface area contributed by atoms with Crippen molar-refractivity contribution in [1.82, 2.24) is 9.88 Å². The fraction of sp³-hybridized carbons (Fsp3) is 0.455. The van der Waals surface area contributed by atoms with Gasteiger partial charge in [0.2, 0.25) is 11.8 Å². The van der Waals surface area contributed by atoms with Gasteiger partial charge in [0, 0.05) is 32.4 Å². The number of nitrogens with one attached hydrogen (secondary N) is 1. The van der Waals surface area contributed by atoms with E-state index in [1.807, 2.05) is 39.2 Å². The lowest BCUT2D eigenvalue weighted by atomic mass is 10.1. The van der Waals surface area contributed by atoms with Crippen molar-refractivity contribution < 1.29 is 4.74 Å². The predicted octanol–water partition coefficient (Wildman–Crippen LogP) is 5.07. The fourth-order valence-corrected chi connectivity index (χ4v) is 3.86. The summed E-state index contributed by atoms with van der Waals surface area (Å²) in [5.41, 5.74) is 1.81. The Hall–Kier alpha value is -2.02. The van der Waals surface area contributed by atoms with E-state index < -0.39 is 0 Å². The summed E-state index contributed by atoms with van der Waals surface area (Å²) >= 11 is 12.2. The Labute approximate surface area is 188 Å². The molecule has 1 aliphatic heterocycles. The summed E-state index contributed by atoms with van der Waals surface area (Å²) in [6.45, 7) is 7.28. The number of nitrogens with zero attached hydrogens (tertiary/aromatic N) is 4. The molecule has 1 saturated heterocycles. The van der Waals surface area contributed by atoms with Crippen molar-refractivity contribution in [2.24, 2.45) is 0 Å². The molecule has 162 valence electrons. The standard InChI is InChI=1S/C22H29Cl2N5O/c1-5-29-10-6-7-17(14-29)30-21-12-15(2)11-20(26-21)28(4)22(25)27(3)16-8-9-18(23)19(24)13-16/h8-9,11-13,17,25H,5-7,10,14H2,1-4H3. The number of guanidine groups is 1. The Morgan fingerprint density at radius 2 is 1.97 bits per heavy atom. The van der Waals surface area contributed by atoms with Crippen LogP contribution in [0, 0.1) is 12.3 Å². The molecule has 0 saturated carbocycles. The second-order valence-electron chi connectivity index (χ2n) is 7.66. The first-order chi connectivity index (χ1) is 14.3. The maximum atomic E-state index is 8.63. The van der Waals surface area contributed by atoms with Gasteiger partial charge in [-0.1, -0.05) is 30.1 Å². The van der Waals surface area contributed by atoms with Crippen molar-refractivity contribution in [3.63, 3.8) is 0 Å². The average molecular weight is 450 g/mol. The minimum atomic E-state index is 0.143. The Morgan fingerprint density at radius 3 is 2.67 bits per heavy atom. The highest BCUT2D eigenvalue weighted by molar-refractivity contribution is 6.42. The molecule has 2 aromatic rings. The first kappa shape index (κ1) is 22.7. The van der Waals surface area contributed by atoms with Gasteiger partial charge in [0.1, 0.15) is 11.9 Å². The number of hydrogen-bond donors (Lipinski definition) is 1. The molecule has 6 nitrogen and oxygen atoms in total. The molecule has 0 aliphatic carbocycles. The van der Waals surface area contributed by atoms with Crippen LogP contribution in [0.4, 0.5) is 11.5 Å². The highest BCUT2D eigenvalue weighted by Gasteiger charge is 2.22. The third kappa shape index (κ3) is 5.36. The van der Waals surface area contributed by atoms with Crippen molar-refractivity contribution >= 4 is 40.7 Å². The van der Waals surface area contributed by atoms with Gasteiger partial charge in [-0.15, -0.1) is 0 Å². The van der Waals surface area contributed by atoms with E-state index in [2.05, 4.69) is 16.8 Å². The molecule has 1 aromatic carbocycles. The summed E-state index contributed by atoms with van der Waals surface area (Å²) in [6, 6.07) is 9.20. The van der Waals surface area contributed by atoms with Gasteiger partial charge in [-0.25, -0.2) is 0 Å². The van der Waals surface area contributed by atoms with E-state index in [1.165, 1.54) is 0 Å². The largest absolute Gasteiger partial charge is 0.473 e. The van der Waals surface area contributed by atoms with Crippen LogP contribution in [0.2, 0.25) is 10.0 Å². The molecule has 0 bridgehead atoms. The number of likely N-dealkylation sites (tertiary alicyclic amines) is 1. The van der Waals surface area contributed by atoms with E-state index >= 15 is 0 Å². The Kier molecular flexibility index (Phi) is 7.45. The molecule has 2 heterocycles. The molecule has 8 heteroatoms. The van der Waals surface area contributed by atoms with Gasteiger partial charge in [0.05, 0.1) is 10.0 Å². The van der Waals surface area contributed by atoms with E-state index in [9.17, 15) is 0 Å². The fourth-order valence-electron chi connectivity index (χ4n) is 3.57. The number of rotatable bonds is 5. The second-order valence-corrected chi connectivity index (χ2v) is 8.47. The Balaban J connectivity index is 1.75. The molecule has 1 aliphatic rings. The van der Waals surface area contributed by atoms with E-state index in [1.54, 1.807) is 21.9 Å². The van der Waals surface area contributed by atoms with Gasteiger partial charge in [-0.2, -0.15) is 4.98 Å². The molecular formula is C22H29Cl2N5O. The van der Waals surface area contributed by atoms with E-state index in [-0.39, 0.29) is 12.1 Å². The van der Waals surface area contributed by atoms with Crippen molar-refractivity contribution in [1.29, 1.82) is 5.41 Å². The number of pyridine rings is 1. The summed E-state index contributed by atoms with van der Waals surface area (Å²) in [7, 11) is 3.63. The number of halogens is 2. The molecule has 1 fully saturated rings. The van der Waals surface area contributed by atoms with Crippen molar-refractivity contribution in [2.75, 3.05) is 43.5 Å². The minimum absolute atomic E-state index is 0.143. The summed E-state index contributed by atoms with van der Waals surface area (Å²) in [6.07, 6.45) is 2.31. The van der Waals surface area contributed by atoms with Crippen LogP contribution in [0.25, 0.3) is 0 Å². The zero-order chi connectivity index (χ0) is 21.8.